The first-order valence-corrected chi connectivity index (χ1v) is 5.05. The maximum absolute atomic E-state index is 11.5. The largest absolute Gasteiger partial charge is 0.481 e. The molecule has 6 heteroatoms. The number of hydrogen-bond acceptors (Lipinski definition) is 3. The van der Waals surface area contributed by atoms with E-state index < -0.39 is 17.8 Å². The number of amides is 1. The monoisotopic (exact) mass is 233 g/mol. The number of imidazole rings is 1. The minimum absolute atomic E-state index is 0.542. The van der Waals surface area contributed by atoms with Crippen LogP contribution in [0.15, 0.2) is 24.5 Å². The summed E-state index contributed by atoms with van der Waals surface area (Å²) in [6.45, 7) is 1.34. The van der Waals surface area contributed by atoms with E-state index in [1.807, 2.05) is 0 Å². The number of hydrogen-bond donors (Lipinski definition) is 3. The van der Waals surface area contributed by atoms with E-state index in [9.17, 15) is 9.59 Å². The van der Waals surface area contributed by atoms with Crippen LogP contribution in [0.2, 0.25) is 0 Å². The molecule has 1 heterocycles. The predicted molar refractivity (Wildman–Crippen MR) is 61.5 cm³/mol. The summed E-state index contributed by atoms with van der Waals surface area (Å²) in [4.78, 5) is 29.1. The normalized spacial score (nSPS) is 12.3. The lowest BCUT2D eigenvalue weighted by atomic mass is 10.1. The number of carboxylic acid groups (broad SMARTS) is 1. The molecular weight excluding hydrogens is 222 g/mol. The Morgan fingerprint density at radius 3 is 2.94 bits per heavy atom. The Labute approximate surface area is 96.7 Å². The van der Waals surface area contributed by atoms with Gasteiger partial charge in [0.25, 0.3) is 0 Å². The van der Waals surface area contributed by atoms with Crippen molar-refractivity contribution in [3.8, 4) is 0 Å². The first-order chi connectivity index (χ1) is 8.08. The molecule has 0 fully saturated rings. The summed E-state index contributed by atoms with van der Waals surface area (Å²) in [5.41, 5.74) is 2.11. The van der Waals surface area contributed by atoms with Gasteiger partial charge in [0.1, 0.15) is 5.92 Å². The third-order valence-electron chi connectivity index (χ3n) is 2.45. The molecule has 3 N–H and O–H groups in total. The van der Waals surface area contributed by atoms with E-state index in [1.54, 1.807) is 24.5 Å². The number of benzene rings is 1. The molecule has 0 bridgehead atoms. The van der Waals surface area contributed by atoms with Crippen LogP contribution < -0.4 is 5.32 Å². The van der Waals surface area contributed by atoms with Crippen molar-refractivity contribution in [2.75, 3.05) is 5.32 Å². The number of rotatable bonds is 3. The quantitative estimate of drug-likeness (QED) is 0.694. The maximum atomic E-state index is 11.5. The molecule has 1 atom stereocenters. The molecule has 0 saturated carbocycles. The first kappa shape index (κ1) is 11.1. The summed E-state index contributed by atoms with van der Waals surface area (Å²) in [5.74, 6) is -2.77. The lowest BCUT2D eigenvalue weighted by Gasteiger charge is -2.07. The molecule has 0 aliphatic carbocycles. The number of nitrogens with one attached hydrogen (secondary N) is 2. The molecule has 1 aromatic carbocycles. The van der Waals surface area contributed by atoms with Gasteiger partial charge in [-0.2, -0.15) is 0 Å². The lowest BCUT2D eigenvalue weighted by Crippen LogP contribution is -2.26. The van der Waals surface area contributed by atoms with Crippen LogP contribution in [-0.4, -0.2) is 27.0 Å². The first-order valence-electron chi connectivity index (χ1n) is 5.05. The highest BCUT2D eigenvalue weighted by atomic mass is 16.4. The van der Waals surface area contributed by atoms with Crippen LogP contribution in [0.5, 0.6) is 0 Å². The Hall–Kier alpha value is -2.37. The van der Waals surface area contributed by atoms with Crippen LogP contribution in [0.1, 0.15) is 6.92 Å². The predicted octanol–water partition coefficient (Wildman–Crippen LogP) is 1.22. The van der Waals surface area contributed by atoms with Gasteiger partial charge in [-0.1, -0.05) is 0 Å². The van der Waals surface area contributed by atoms with Crippen LogP contribution in [0.4, 0.5) is 5.69 Å². The van der Waals surface area contributed by atoms with Crippen LogP contribution in [0.3, 0.4) is 0 Å². The summed E-state index contributed by atoms with van der Waals surface area (Å²) in [7, 11) is 0. The summed E-state index contributed by atoms with van der Waals surface area (Å²) >= 11 is 0. The molecular formula is C11H11N3O3. The van der Waals surface area contributed by atoms with Crippen LogP contribution in [0, 0.1) is 5.92 Å². The average molecular weight is 233 g/mol. The van der Waals surface area contributed by atoms with E-state index >= 15 is 0 Å². The number of carbonyl (C=O) groups is 2. The number of fused-ring (bicyclic) bond motifs is 1. The highest BCUT2D eigenvalue weighted by molar-refractivity contribution is 6.04. The van der Waals surface area contributed by atoms with Crippen molar-refractivity contribution in [3.05, 3.63) is 24.5 Å². The lowest BCUT2D eigenvalue weighted by molar-refractivity contribution is -0.144. The van der Waals surface area contributed by atoms with Gasteiger partial charge in [-0.25, -0.2) is 4.98 Å². The minimum atomic E-state index is -1.15. The molecule has 0 aliphatic heterocycles. The fraction of sp³-hybridized carbons (Fsp3) is 0.182. The van der Waals surface area contributed by atoms with E-state index in [-0.39, 0.29) is 0 Å². The van der Waals surface area contributed by atoms with Crippen molar-refractivity contribution in [1.82, 2.24) is 9.97 Å². The van der Waals surface area contributed by atoms with E-state index in [4.69, 9.17) is 5.11 Å². The number of aliphatic carboxylic acids is 1. The van der Waals surface area contributed by atoms with E-state index in [0.29, 0.717) is 5.69 Å². The topological polar surface area (TPSA) is 95.1 Å². The number of anilines is 1. The number of nitrogens with zero attached hydrogens (tertiary/aromatic N) is 1. The Balaban J connectivity index is 2.18. The van der Waals surface area contributed by atoms with Crippen molar-refractivity contribution in [2.24, 2.45) is 5.92 Å². The molecule has 0 spiro atoms. The zero-order valence-electron chi connectivity index (χ0n) is 9.10. The second kappa shape index (κ2) is 4.25. The van der Waals surface area contributed by atoms with Gasteiger partial charge in [0.2, 0.25) is 5.91 Å². The van der Waals surface area contributed by atoms with Gasteiger partial charge in [0, 0.05) is 5.69 Å². The molecule has 2 aromatic rings. The van der Waals surface area contributed by atoms with Gasteiger partial charge >= 0.3 is 5.97 Å². The summed E-state index contributed by atoms with van der Waals surface area (Å²) in [6, 6.07) is 5.12. The third-order valence-corrected chi connectivity index (χ3v) is 2.45. The summed E-state index contributed by atoms with van der Waals surface area (Å²) in [5, 5.41) is 11.2. The second-order valence-electron chi connectivity index (χ2n) is 3.68. The fourth-order valence-corrected chi connectivity index (χ4v) is 1.38. The molecule has 6 nitrogen and oxygen atoms in total. The molecule has 0 aliphatic rings. The zero-order valence-corrected chi connectivity index (χ0v) is 9.10. The standard InChI is InChI=1S/C11H11N3O3/c1-6(11(16)17)10(15)14-7-2-3-8-9(4-7)13-5-12-8/h2-6H,1H3,(H,12,13)(H,14,15)(H,16,17). The number of aromatic nitrogens is 2. The van der Waals surface area contributed by atoms with E-state index in [0.717, 1.165) is 11.0 Å². The van der Waals surface area contributed by atoms with E-state index in [1.165, 1.54) is 6.92 Å². The van der Waals surface area contributed by atoms with Gasteiger partial charge in [0.05, 0.1) is 17.4 Å². The SMILES string of the molecule is CC(C(=O)O)C(=O)Nc1ccc2nc[nH]c2c1. The zero-order chi connectivity index (χ0) is 12.4. The Morgan fingerprint density at radius 2 is 2.24 bits per heavy atom. The van der Waals surface area contributed by atoms with Gasteiger partial charge in [-0.05, 0) is 25.1 Å². The van der Waals surface area contributed by atoms with Crippen LogP contribution >= 0.6 is 0 Å². The highest BCUT2D eigenvalue weighted by Crippen LogP contribution is 2.16. The number of carbonyl (C=O) groups excluding carboxylic acids is 1. The van der Waals surface area contributed by atoms with Gasteiger partial charge in [0.15, 0.2) is 0 Å². The fourth-order valence-electron chi connectivity index (χ4n) is 1.38. The second-order valence-corrected chi connectivity index (χ2v) is 3.68. The molecule has 0 radical (unpaired) electrons. The van der Waals surface area contributed by atoms with Crippen molar-refractivity contribution in [3.63, 3.8) is 0 Å². The molecule has 0 saturated heterocycles. The van der Waals surface area contributed by atoms with Crippen molar-refractivity contribution in [2.45, 2.75) is 6.92 Å². The van der Waals surface area contributed by atoms with Gasteiger partial charge in [-0.3, -0.25) is 9.59 Å². The molecule has 88 valence electrons. The molecule has 2 rings (SSSR count). The maximum Gasteiger partial charge on any atom is 0.315 e. The third kappa shape index (κ3) is 2.25. The van der Waals surface area contributed by atoms with Gasteiger partial charge < -0.3 is 15.4 Å². The van der Waals surface area contributed by atoms with Gasteiger partial charge in [-0.15, -0.1) is 0 Å². The minimum Gasteiger partial charge on any atom is -0.481 e. The average Bonchev–Trinajstić information content (AvgIpc) is 2.74. The molecule has 1 aromatic heterocycles. The molecule has 17 heavy (non-hydrogen) atoms. The van der Waals surface area contributed by atoms with Crippen LogP contribution in [-0.2, 0) is 9.59 Å². The number of carboxylic acids is 1. The van der Waals surface area contributed by atoms with E-state index in [2.05, 4.69) is 15.3 Å². The number of H-pyrrole nitrogens is 1. The Kier molecular flexibility index (Phi) is 2.78. The van der Waals surface area contributed by atoms with Crippen LogP contribution in [0.25, 0.3) is 11.0 Å². The smallest absolute Gasteiger partial charge is 0.315 e. The highest BCUT2D eigenvalue weighted by Gasteiger charge is 2.20. The summed E-state index contributed by atoms with van der Waals surface area (Å²) < 4.78 is 0. The van der Waals surface area contributed by atoms with Crippen molar-refractivity contribution < 1.29 is 14.7 Å². The molecule has 1 amide bonds. The molecule has 1 unspecified atom stereocenters. The Morgan fingerprint density at radius 1 is 1.47 bits per heavy atom. The van der Waals surface area contributed by atoms with Crippen molar-refractivity contribution in [1.29, 1.82) is 0 Å². The van der Waals surface area contributed by atoms with Crippen molar-refractivity contribution >= 4 is 28.6 Å². The summed E-state index contributed by atoms with van der Waals surface area (Å²) in [6.07, 6.45) is 1.55. The Bertz CT molecular complexity index is 576. The number of aromatic amines is 1.